The highest BCUT2D eigenvalue weighted by atomic mass is 32.1. The maximum atomic E-state index is 4.33. The minimum Gasteiger partial charge on any atom is -0.261 e. The number of aromatic nitrogens is 2. The fourth-order valence-electron chi connectivity index (χ4n) is 2.40. The Balaban J connectivity index is 1.80. The van der Waals surface area contributed by atoms with Crippen molar-refractivity contribution in [3.05, 3.63) is 52.2 Å². The monoisotopic (exact) mass is 324 g/mol. The second kappa shape index (κ2) is 6.46. The van der Waals surface area contributed by atoms with Crippen LogP contribution < -0.4 is 5.43 Å². The molecule has 23 heavy (non-hydrogen) atoms. The van der Waals surface area contributed by atoms with Crippen molar-refractivity contribution in [1.82, 2.24) is 9.97 Å². The van der Waals surface area contributed by atoms with Gasteiger partial charge in [-0.15, -0.1) is 11.3 Å². The SMILES string of the molecule is Cc1sc2ncnc(NN=Cc3ccc(C(C)C)cc3)c2c1C. The summed E-state index contributed by atoms with van der Waals surface area (Å²) in [5.74, 6) is 1.30. The number of aryl methyl sites for hydroxylation is 2. The van der Waals surface area contributed by atoms with Gasteiger partial charge in [0.05, 0.1) is 11.6 Å². The Morgan fingerprint density at radius 2 is 1.87 bits per heavy atom. The topological polar surface area (TPSA) is 50.2 Å². The molecule has 118 valence electrons. The van der Waals surface area contributed by atoms with Crippen LogP contribution in [0, 0.1) is 13.8 Å². The van der Waals surface area contributed by atoms with Gasteiger partial charge in [0.15, 0.2) is 5.82 Å². The molecule has 1 aromatic carbocycles. The van der Waals surface area contributed by atoms with Gasteiger partial charge in [-0.05, 0) is 36.5 Å². The number of benzene rings is 1. The Labute approximate surface area is 140 Å². The van der Waals surface area contributed by atoms with Gasteiger partial charge in [-0.1, -0.05) is 38.1 Å². The highest BCUT2D eigenvalue weighted by Crippen LogP contribution is 2.32. The summed E-state index contributed by atoms with van der Waals surface area (Å²) in [5.41, 5.74) is 6.66. The van der Waals surface area contributed by atoms with E-state index in [9.17, 15) is 0 Å². The molecule has 0 aliphatic heterocycles. The second-order valence-electron chi connectivity index (χ2n) is 5.88. The van der Waals surface area contributed by atoms with Crippen molar-refractivity contribution in [2.75, 3.05) is 5.43 Å². The number of rotatable bonds is 4. The molecule has 0 atom stereocenters. The first-order chi connectivity index (χ1) is 11.1. The number of hydrazone groups is 1. The van der Waals surface area contributed by atoms with Crippen molar-refractivity contribution in [3.8, 4) is 0 Å². The molecule has 0 aliphatic rings. The highest BCUT2D eigenvalue weighted by molar-refractivity contribution is 7.18. The number of hydrogen-bond acceptors (Lipinski definition) is 5. The lowest BCUT2D eigenvalue weighted by atomic mass is 10.0. The van der Waals surface area contributed by atoms with E-state index < -0.39 is 0 Å². The van der Waals surface area contributed by atoms with Gasteiger partial charge in [-0.3, -0.25) is 5.43 Å². The van der Waals surface area contributed by atoms with E-state index in [-0.39, 0.29) is 0 Å². The molecule has 0 saturated heterocycles. The Morgan fingerprint density at radius 1 is 1.13 bits per heavy atom. The summed E-state index contributed by atoms with van der Waals surface area (Å²) in [5, 5.41) is 5.38. The first-order valence-electron chi connectivity index (χ1n) is 7.66. The first-order valence-corrected chi connectivity index (χ1v) is 8.47. The largest absolute Gasteiger partial charge is 0.261 e. The summed E-state index contributed by atoms with van der Waals surface area (Å²) in [6.45, 7) is 8.58. The molecule has 0 saturated carbocycles. The van der Waals surface area contributed by atoms with Crippen LogP contribution in [-0.4, -0.2) is 16.2 Å². The molecule has 2 heterocycles. The van der Waals surface area contributed by atoms with Crippen molar-refractivity contribution >= 4 is 33.6 Å². The van der Waals surface area contributed by atoms with Gasteiger partial charge in [0.25, 0.3) is 0 Å². The maximum Gasteiger partial charge on any atom is 0.158 e. The lowest BCUT2D eigenvalue weighted by Crippen LogP contribution is -1.96. The summed E-state index contributed by atoms with van der Waals surface area (Å²) in [6.07, 6.45) is 3.39. The highest BCUT2D eigenvalue weighted by Gasteiger charge is 2.11. The predicted molar refractivity (Wildman–Crippen MR) is 98.6 cm³/mol. The summed E-state index contributed by atoms with van der Waals surface area (Å²) in [4.78, 5) is 10.9. The molecule has 0 spiro atoms. The lowest BCUT2D eigenvalue weighted by Gasteiger charge is -2.05. The van der Waals surface area contributed by atoms with Crippen LogP contribution in [0.1, 0.15) is 41.3 Å². The van der Waals surface area contributed by atoms with E-state index in [1.807, 2.05) is 6.21 Å². The number of anilines is 1. The van der Waals surface area contributed by atoms with Gasteiger partial charge in [-0.2, -0.15) is 5.10 Å². The number of nitrogens with zero attached hydrogens (tertiary/aromatic N) is 3. The van der Waals surface area contributed by atoms with Crippen LogP contribution in [0.4, 0.5) is 5.82 Å². The van der Waals surface area contributed by atoms with E-state index in [1.165, 1.54) is 16.0 Å². The first kappa shape index (κ1) is 15.6. The molecule has 0 aliphatic carbocycles. The van der Waals surface area contributed by atoms with Crippen LogP contribution in [0.3, 0.4) is 0 Å². The smallest absolute Gasteiger partial charge is 0.158 e. The maximum absolute atomic E-state index is 4.33. The van der Waals surface area contributed by atoms with Gasteiger partial charge in [0, 0.05) is 4.88 Å². The molecule has 2 aromatic heterocycles. The molecular formula is C18H20N4S. The third-order valence-electron chi connectivity index (χ3n) is 3.95. The minimum atomic E-state index is 0.540. The molecule has 0 radical (unpaired) electrons. The fraction of sp³-hybridized carbons (Fsp3) is 0.278. The third-order valence-corrected chi connectivity index (χ3v) is 5.07. The summed E-state index contributed by atoms with van der Waals surface area (Å²) < 4.78 is 0. The van der Waals surface area contributed by atoms with E-state index >= 15 is 0 Å². The minimum absolute atomic E-state index is 0.540. The average molecular weight is 324 g/mol. The van der Waals surface area contributed by atoms with E-state index in [2.05, 4.69) is 72.5 Å². The number of hydrogen-bond donors (Lipinski definition) is 1. The molecule has 1 N–H and O–H groups in total. The molecule has 3 rings (SSSR count). The van der Waals surface area contributed by atoms with Crippen LogP contribution in [0.5, 0.6) is 0 Å². The second-order valence-corrected chi connectivity index (χ2v) is 7.08. The summed E-state index contributed by atoms with van der Waals surface area (Å²) in [7, 11) is 0. The predicted octanol–water partition coefficient (Wildman–Crippen LogP) is 4.88. The van der Waals surface area contributed by atoms with Crippen molar-refractivity contribution in [2.24, 2.45) is 5.10 Å². The Morgan fingerprint density at radius 3 is 2.57 bits per heavy atom. The normalized spacial score (nSPS) is 11.7. The molecular weight excluding hydrogens is 304 g/mol. The van der Waals surface area contributed by atoms with E-state index in [4.69, 9.17) is 0 Å². The zero-order chi connectivity index (χ0) is 16.4. The van der Waals surface area contributed by atoms with Crippen molar-refractivity contribution < 1.29 is 0 Å². The average Bonchev–Trinajstić information content (AvgIpc) is 2.83. The van der Waals surface area contributed by atoms with Crippen LogP contribution in [-0.2, 0) is 0 Å². The zero-order valence-corrected chi connectivity index (χ0v) is 14.6. The fourth-order valence-corrected chi connectivity index (χ4v) is 3.40. The van der Waals surface area contributed by atoms with Crippen molar-refractivity contribution in [3.63, 3.8) is 0 Å². The Hall–Kier alpha value is -2.27. The van der Waals surface area contributed by atoms with Gasteiger partial charge in [-0.25, -0.2) is 9.97 Å². The summed E-state index contributed by atoms with van der Waals surface area (Å²) >= 11 is 1.68. The summed E-state index contributed by atoms with van der Waals surface area (Å²) in [6, 6.07) is 8.44. The molecule has 3 aromatic rings. The standard InChI is InChI=1S/C18H20N4S/c1-11(2)15-7-5-14(6-8-15)9-21-22-17-16-12(3)13(4)23-18(16)20-10-19-17/h5-11H,1-4H3,(H,19,20,22). The van der Waals surface area contributed by atoms with Crippen molar-refractivity contribution in [2.45, 2.75) is 33.6 Å². The Kier molecular flexibility index (Phi) is 4.39. The number of nitrogens with one attached hydrogen (secondary N) is 1. The lowest BCUT2D eigenvalue weighted by molar-refractivity contribution is 0.866. The van der Waals surface area contributed by atoms with Crippen LogP contribution in [0.25, 0.3) is 10.2 Å². The number of thiophene rings is 1. The van der Waals surface area contributed by atoms with Gasteiger partial charge < -0.3 is 0 Å². The van der Waals surface area contributed by atoms with Crippen molar-refractivity contribution in [1.29, 1.82) is 0 Å². The zero-order valence-electron chi connectivity index (χ0n) is 13.8. The van der Waals surface area contributed by atoms with Gasteiger partial charge in [0.1, 0.15) is 11.2 Å². The van der Waals surface area contributed by atoms with Gasteiger partial charge in [0.2, 0.25) is 0 Å². The van der Waals surface area contributed by atoms with Gasteiger partial charge >= 0.3 is 0 Å². The van der Waals surface area contributed by atoms with E-state index in [1.54, 1.807) is 17.7 Å². The molecule has 0 amide bonds. The van der Waals surface area contributed by atoms with Crippen LogP contribution >= 0.6 is 11.3 Å². The molecule has 0 fully saturated rings. The van der Waals surface area contributed by atoms with E-state index in [0.717, 1.165) is 21.6 Å². The van der Waals surface area contributed by atoms with E-state index in [0.29, 0.717) is 5.92 Å². The molecule has 0 bridgehead atoms. The molecule has 4 nitrogen and oxygen atoms in total. The van der Waals surface area contributed by atoms with Crippen LogP contribution in [0.15, 0.2) is 35.7 Å². The van der Waals surface area contributed by atoms with Crippen LogP contribution in [0.2, 0.25) is 0 Å². The third kappa shape index (κ3) is 3.24. The number of fused-ring (bicyclic) bond motifs is 1. The quantitative estimate of drug-likeness (QED) is 0.550. The molecule has 5 heteroatoms. The molecule has 0 unspecified atom stereocenters. The Bertz CT molecular complexity index is 847.